The van der Waals surface area contributed by atoms with Gasteiger partial charge in [-0.1, -0.05) is 20.8 Å². The summed E-state index contributed by atoms with van der Waals surface area (Å²) in [5, 5.41) is 2.93. The largest absolute Gasteiger partial charge is 0.352 e. The summed E-state index contributed by atoms with van der Waals surface area (Å²) in [5.74, 6) is -0.327. The number of aromatic nitrogens is 3. The molecular formula is C18H29Cl2N5O3. The van der Waals surface area contributed by atoms with Gasteiger partial charge in [-0.3, -0.25) is 19.1 Å². The number of carbonyl (C=O) groups is 1. The highest BCUT2D eigenvalue weighted by atomic mass is 35.5. The number of nitrogens with one attached hydrogen (secondary N) is 2. The molecule has 0 fully saturated rings. The third-order valence-corrected chi connectivity index (χ3v) is 4.14. The first kappa shape index (κ1) is 26.1. The van der Waals surface area contributed by atoms with E-state index in [0.717, 1.165) is 0 Å². The molecule has 1 unspecified atom stereocenters. The topological polar surface area (TPSA) is 123 Å². The van der Waals surface area contributed by atoms with Gasteiger partial charge in [-0.2, -0.15) is 0 Å². The lowest BCUT2D eigenvalue weighted by Gasteiger charge is -2.14. The molecule has 2 aromatic rings. The molecule has 0 bridgehead atoms. The van der Waals surface area contributed by atoms with Crippen molar-refractivity contribution in [2.45, 2.75) is 59.0 Å². The number of pyridine rings is 1. The second-order valence-electron chi connectivity index (χ2n) is 6.88. The molecule has 0 aliphatic heterocycles. The number of H-pyrrole nitrogens is 1. The number of aryl methyl sites for hydroxylation is 1. The van der Waals surface area contributed by atoms with E-state index < -0.39 is 11.2 Å². The number of rotatable bonds is 7. The van der Waals surface area contributed by atoms with Crippen LogP contribution in [-0.4, -0.2) is 33.0 Å². The first-order chi connectivity index (χ1) is 12.3. The zero-order valence-electron chi connectivity index (χ0n) is 16.6. The highest BCUT2D eigenvalue weighted by Gasteiger charge is 2.20. The summed E-state index contributed by atoms with van der Waals surface area (Å²) in [4.78, 5) is 44.1. The van der Waals surface area contributed by atoms with Crippen LogP contribution in [0.2, 0.25) is 0 Å². The maximum atomic E-state index is 12.7. The molecule has 2 aromatic heterocycles. The Morgan fingerprint density at radius 1 is 1.29 bits per heavy atom. The minimum absolute atomic E-state index is 0. The lowest BCUT2D eigenvalue weighted by atomic mass is 10.0. The van der Waals surface area contributed by atoms with Gasteiger partial charge in [-0.05, 0) is 31.7 Å². The van der Waals surface area contributed by atoms with E-state index in [1.54, 1.807) is 6.07 Å². The average molecular weight is 434 g/mol. The van der Waals surface area contributed by atoms with Crippen LogP contribution in [0.3, 0.4) is 0 Å². The second kappa shape index (κ2) is 11.2. The Labute approximate surface area is 176 Å². The molecule has 1 amide bonds. The molecule has 0 spiro atoms. The van der Waals surface area contributed by atoms with Crippen molar-refractivity contribution in [1.82, 2.24) is 19.9 Å². The molecule has 10 heteroatoms. The van der Waals surface area contributed by atoms with Crippen LogP contribution in [-0.2, 0) is 6.54 Å². The van der Waals surface area contributed by atoms with Crippen LogP contribution in [0.25, 0.3) is 11.0 Å². The van der Waals surface area contributed by atoms with E-state index in [0.29, 0.717) is 31.6 Å². The van der Waals surface area contributed by atoms with Gasteiger partial charge in [0.05, 0.1) is 10.9 Å². The molecule has 1 atom stereocenters. The molecule has 0 aliphatic rings. The Kier molecular flexibility index (Phi) is 10.4. The summed E-state index contributed by atoms with van der Waals surface area (Å²) >= 11 is 0. The Bertz CT molecular complexity index is 922. The number of nitrogens with two attached hydrogens (primary N) is 1. The molecule has 4 N–H and O–H groups in total. The molecule has 8 nitrogen and oxygen atoms in total. The predicted octanol–water partition coefficient (Wildman–Crippen LogP) is 1.93. The molecule has 158 valence electrons. The van der Waals surface area contributed by atoms with Gasteiger partial charge in [-0.15, -0.1) is 24.8 Å². The minimum Gasteiger partial charge on any atom is -0.352 e. The van der Waals surface area contributed by atoms with Crippen molar-refractivity contribution in [3.8, 4) is 0 Å². The fraction of sp³-hybridized carbons (Fsp3) is 0.556. The fourth-order valence-corrected chi connectivity index (χ4v) is 2.71. The van der Waals surface area contributed by atoms with E-state index in [2.05, 4.69) is 15.3 Å². The van der Waals surface area contributed by atoms with Gasteiger partial charge in [0.1, 0.15) is 0 Å². The van der Waals surface area contributed by atoms with Gasteiger partial charge < -0.3 is 11.1 Å². The van der Waals surface area contributed by atoms with Crippen LogP contribution in [0.1, 0.15) is 62.5 Å². The molecule has 0 radical (unpaired) electrons. The number of halogens is 2. The molecule has 0 aromatic carbocycles. The molecule has 0 saturated carbocycles. The minimum atomic E-state index is -0.600. The molecule has 0 aliphatic carbocycles. The van der Waals surface area contributed by atoms with Gasteiger partial charge in [0.15, 0.2) is 5.65 Å². The van der Waals surface area contributed by atoms with Crippen LogP contribution in [0, 0.1) is 0 Å². The Hall–Kier alpha value is -1.90. The van der Waals surface area contributed by atoms with Gasteiger partial charge in [-0.25, -0.2) is 9.78 Å². The van der Waals surface area contributed by atoms with Gasteiger partial charge in [0.2, 0.25) is 0 Å². The van der Waals surface area contributed by atoms with E-state index in [-0.39, 0.29) is 59.3 Å². The maximum absolute atomic E-state index is 12.7. The molecule has 28 heavy (non-hydrogen) atoms. The van der Waals surface area contributed by atoms with E-state index in [1.807, 2.05) is 27.7 Å². The van der Waals surface area contributed by atoms with Crippen LogP contribution in [0.15, 0.2) is 15.7 Å². The predicted molar refractivity (Wildman–Crippen MR) is 116 cm³/mol. The molecule has 2 rings (SSSR count). The smallest absolute Gasteiger partial charge is 0.329 e. The van der Waals surface area contributed by atoms with Gasteiger partial charge in [0.25, 0.3) is 11.5 Å². The highest BCUT2D eigenvalue weighted by Crippen LogP contribution is 2.19. The number of amides is 1. The number of hydrogen-bond acceptors (Lipinski definition) is 5. The van der Waals surface area contributed by atoms with Crippen LogP contribution >= 0.6 is 24.8 Å². The van der Waals surface area contributed by atoms with Crippen LogP contribution in [0.4, 0.5) is 0 Å². The number of carbonyl (C=O) groups excluding carboxylic acids is 1. The Balaban J connectivity index is 0.00000364. The Morgan fingerprint density at radius 2 is 1.93 bits per heavy atom. The van der Waals surface area contributed by atoms with E-state index in [1.165, 1.54) is 4.57 Å². The van der Waals surface area contributed by atoms with Crippen molar-refractivity contribution in [1.29, 1.82) is 0 Å². The average Bonchev–Trinajstić information content (AvgIpc) is 2.56. The van der Waals surface area contributed by atoms with E-state index >= 15 is 0 Å². The van der Waals surface area contributed by atoms with Crippen LogP contribution in [0.5, 0.6) is 0 Å². The van der Waals surface area contributed by atoms with Gasteiger partial charge >= 0.3 is 5.69 Å². The monoisotopic (exact) mass is 433 g/mol. The normalized spacial score (nSPS) is 11.6. The third kappa shape index (κ3) is 5.80. The molecular weight excluding hydrogens is 405 g/mol. The fourth-order valence-electron chi connectivity index (χ4n) is 2.71. The maximum Gasteiger partial charge on any atom is 0.329 e. The van der Waals surface area contributed by atoms with Crippen molar-refractivity contribution >= 4 is 41.8 Å². The summed E-state index contributed by atoms with van der Waals surface area (Å²) in [6, 6.07) is 1.60. The zero-order valence-corrected chi connectivity index (χ0v) is 18.2. The summed E-state index contributed by atoms with van der Waals surface area (Å²) in [6.45, 7) is 8.50. The third-order valence-electron chi connectivity index (χ3n) is 4.14. The summed E-state index contributed by atoms with van der Waals surface area (Å²) in [6.07, 6.45) is 1.33. The quantitative estimate of drug-likeness (QED) is 0.615. The van der Waals surface area contributed by atoms with E-state index in [9.17, 15) is 14.4 Å². The van der Waals surface area contributed by atoms with Crippen molar-refractivity contribution in [2.24, 2.45) is 5.73 Å². The first-order valence-electron chi connectivity index (χ1n) is 8.97. The van der Waals surface area contributed by atoms with Crippen molar-refractivity contribution in [2.75, 3.05) is 6.54 Å². The SMILES string of the molecule is CCCn1c(=O)[nH]c(=O)c2c(C(=O)NCCC(C)N)cc(C(C)C)nc21.Cl.Cl. The van der Waals surface area contributed by atoms with Crippen LogP contribution < -0.4 is 22.3 Å². The first-order valence-corrected chi connectivity index (χ1v) is 8.97. The lowest BCUT2D eigenvalue weighted by Crippen LogP contribution is -2.34. The summed E-state index contributed by atoms with van der Waals surface area (Å²) in [5.41, 5.74) is 5.74. The number of hydrogen-bond donors (Lipinski definition) is 3. The standard InChI is InChI=1S/C18H27N5O3.2ClH/c1-5-8-23-15-14(17(25)22-18(23)26)12(9-13(21-15)10(2)3)16(24)20-7-6-11(4)19;;/h9-11H,5-8,19H2,1-4H3,(H,20,24)(H,22,25,26);2*1H. The van der Waals surface area contributed by atoms with E-state index in [4.69, 9.17) is 5.73 Å². The highest BCUT2D eigenvalue weighted by molar-refractivity contribution is 6.05. The number of fused-ring (bicyclic) bond motifs is 1. The van der Waals surface area contributed by atoms with Crippen molar-refractivity contribution in [3.05, 3.63) is 38.2 Å². The molecule has 0 saturated heterocycles. The zero-order chi connectivity index (χ0) is 19.4. The van der Waals surface area contributed by atoms with Crippen molar-refractivity contribution in [3.63, 3.8) is 0 Å². The van der Waals surface area contributed by atoms with Gasteiger partial charge in [0, 0.05) is 24.8 Å². The molecule has 2 heterocycles. The lowest BCUT2D eigenvalue weighted by molar-refractivity contribution is 0.0954. The number of aromatic amines is 1. The Morgan fingerprint density at radius 3 is 2.46 bits per heavy atom. The second-order valence-corrected chi connectivity index (χ2v) is 6.88. The number of nitrogens with zero attached hydrogens (tertiary/aromatic N) is 2. The summed E-state index contributed by atoms with van der Waals surface area (Å²) < 4.78 is 1.42. The van der Waals surface area contributed by atoms with Crippen molar-refractivity contribution < 1.29 is 4.79 Å². The summed E-state index contributed by atoms with van der Waals surface area (Å²) in [7, 11) is 0.